The summed E-state index contributed by atoms with van der Waals surface area (Å²) in [6.07, 6.45) is 2.90. The number of piperidine rings is 1. The maximum absolute atomic E-state index is 5.65. The minimum absolute atomic E-state index is 0.639. The first-order chi connectivity index (χ1) is 8.08. The molecule has 1 aliphatic heterocycles. The predicted molar refractivity (Wildman–Crippen MR) is 72.9 cm³/mol. The number of hydrogen-bond acceptors (Lipinski definition) is 3. The molecule has 1 fully saturated rings. The summed E-state index contributed by atoms with van der Waals surface area (Å²) in [6, 6.07) is 3.92. The third-order valence-corrected chi connectivity index (χ3v) is 3.63. The summed E-state index contributed by atoms with van der Waals surface area (Å²) in [5.41, 5.74) is 7.68. The topological polar surface area (TPSA) is 42.1 Å². The Morgan fingerprint density at radius 3 is 2.82 bits per heavy atom. The molecule has 1 aromatic rings. The van der Waals surface area contributed by atoms with Gasteiger partial charge in [-0.1, -0.05) is 19.1 Å². The maximum atomic E-state index is 5.65. The molecule has 1 aliphatic rings. The summed E-state index contributed by atoms with van der Waals surface area (Å²) < 4.78 is 0. The van der Waals surface area contributed by atoms with Crippen LogP contribution in [0.4, 0.5) is 11.5 Å². The highest BCUT2D eigenvalue weighted by Gasteiger charge is 2.26. The minimum Gasteiger partial charge on any atom is -0.397 e. The fraction of sp³-hybridized carbons (Fsp3) is 0.500. The highest BCUT2D eigenvalue weighted by atomic mass is 15.2. The zero-order valence-corrected chi connectivity index (χ0v) is 10.7. The summed E-state index contributed by atoms with van der Waals surface area (Å²) in [7, 11) is 0. The van der Waals surface area contributed by atoms with Gasteiger partial charge in [-0.25, -0.2) is 4.98 Å². The SMILES string of the molecule is C=C(C)C1CCN(c2ccc(N)cn2)CC1C. The van der Waals surface area contributed by atoms with Crippen molar-refractivity contribution in [1.29, 1.82) is 0 Å². The molecular formula is C14H21N3. The molecule has 2 heterocycles. The molecule has 0 spiro atoms. The van der Waals surface area contributed by atoms with Crippen molar-refractivity contribution in [2.45, 2.75) is 20.3 Å². The Hall–Kier alpha value is -1.51. The molecule has 1 saturated heterocycles. The fourth-order valence-electron chi connectivity index (χ4n) is 2.67. The Morgan fingerprint density at radius 2 is 2.29 bits per heavy atom. The molecule has 0 bridgehead atoms. The average molecular weight is 231 g/mol. The Kier molecular flexibility index (Phi) is 3.36. The maximum Gasteiger partial charge on any atom is 0.128 e. The van der Waals surface area contributed by atoms with E-state index in [4.69, 9.17) is 5.73 Å². The van der Waals surface area contributed by atoms with E-state index in [0.717, 1.165) is 24.6 Å². The average Bonchev–Trinajstić information content (AvgIpc) is 2.29. The number of rotatable bonds is 2. The largest absolute Gasteiger partial charge is 0.397 e. The third kappa shape index (κ3) is 2.60. The van der Waals surface area contributed by atoms with Crippen LogP contribution in [0, 0.1) is 11.8 Å². The number of pyridine rings is 1. The van der Waals surface area contributed by atoms with Crippen LogP contribution in [0.3, 0.4) is 0 Å². The van der Waals surface area contributed by atoms with E-state index in [9.17, 15) is 0 Å². The van der Waals surface area contributed by atoms with E-state index in [1.54, 1.807) is 6.20 Å². The summed E-state index contributed by atoms with van der Waals surface area (Å²) >= 11 is 0. The van der Waals surface area contributed by atoms with Gasteiger partial charge in [-0.3, -0.25) is 0 Å². The highest BCUT2D eigenvalue weighted by molar-refractivity contribution is 5.46. The summed E-state index contributed by atoms with van der Waals surface area (Å²) in [4.78, 5) is 6.72. The molecule has 1 aromatic heterocycles. The molecule has 0 amide bonds. The molecule has 2 unspecified atom stereocenters. The van der Waals surface area contributed by atoms with Crippen molar-refractivity contribution in [3.8, 4) is 0 Å². The second kappa shape index (κ2) is 4.78. The van der Waals surface area contributed by atoms with Gasteiger partial charge in [-0.05, 0) is 37.3 Å². The summed E-state index contributed by atoms with van der Waals surface area (Å²) in [6.45, 7) is 10.6. The lowest BCUT2D eigenvalue weighted by atomic mass is 9.82. The van der Waals surface area contributed by atoms with Crippen LogP contribution in [0.15, 0.2) is 30.5 Å². The number of nitrogens with zero attached hydrogens (tertiary/aromatic N) is 2. The number of allylic oxidation sites excluding steroid dienone is 1. The van der Waals surface area contributed by atoms with Gasteiger partial charge in [-0.2, -0.15) is 0 Å². The zero-order chi connectivity index (χ0) is 12.4. The van der Waals surface area contributed by atoms with Gasteiger partial charge in [0, 0.05) is 13.1 Å². The number of aromatic nitrogens is 1. The van der Waals surface area contributed by atoms with Crippen LogP contribution >= 0.6 is 0 Å². The summed E-state index contributed by atoms with van der Waals surface area (Å²) in [5.74, 6) is 2.33. The lowest BCUT2D eigenvalue weighted by molar-refractivity contribution is 0.341. The standard InChI is InChI=1S/C14H21N3/c1-10(2)13-6-7-17(9-11(13)3)14-5-4-12(15)8-16-14/h4-5,8,11,13H,1,6-7,9,15H2,2-3H3. The van der Waals surface area contributed by atoms with Crippen molar-refractivity contribution in [2.75, 3.05) is 23.7 Å². The van der Waals surface area contributed by atoms with Gasteiger partial charge in [0.1, 0.15) is 5.82 Å². The van der Waals surface area contributed by atoms with Crippen molar-refractivity contribution < 1.29 is 0 Å². The monoisotopic (exact) mass is 231 g/mol. The number of anilines is 2. The van der Waals surface area contributed by atoms with Gasteiger partial charge in [0.25, 0.3) is 0 Å². The molecule has 2 rings (SSSR count). The number of hydrogen-bond donors (Lipinski definition) is 1. The molecule has 3 nitrogen and oxygen atoms in total. The molecule has 2 N–H and O–H groups in total. The van der Waals surface area contributed by atoms with Crippen molar-refractivity contribution in [3.63, 3.8) is 0 Å². The lowest BCUT2D eigenvalue weighted by Crippen LogP contribution is -2.40. The first-order valence-electron chi connectivity index (χ1n) is 6.20. The van der Waals surface area contributed by atoms with Crippen LogP contribution in [0.25, 0.3) is 0 Å². The molecule has 0 aliphatic carbocycles. The molecule has 3 heteroatoms. The van der Waals surface area contributed by atoms with Crippen molar-refractivity contribution >= 4 is 11.5 Å². The van der Waals surface area contributed by atoms with Gasteiger partial charge in [-0.15, -0.1) is 0 Å². The van der Waals surface area contributed by atoms with Crippen LogP contribution < -0.4 is 10.6 Å². The molecular weight excluding hydrogens is 210 g/mol. The van der Waals surface area contributed by atoms with E-state index in [1.165, 1.54) is 12.0 Å². The molecule has 92 valence electrons. The van der Waals surface area contributed by atoms with Gasteiger partial charge in [0.2, 0.25) is 0 Å². The van der Waals surface area contributed by atoms with Gasteiger partial charge in [0.15, 0.2) is 0 Å². The smallest absolute Gasteiger partial charge is 0.128 e. The van der Waals surface area contributed by atoms with Gasteiger partial charge >= 0.3 is 0 Å². The van der Waals surface area contributed by atoms with Crippen LogP contribution in [0.2, 0.25) is 0 Å². The van der Waals surface area contributed by atoms with Gasteiger partial charge < -0.3 is 10.6 Å². The van der Waals surface area contributed by atoms with Crippen molar-refractivity contribution in [3.05, 3.63) is 30.5 Å². The van der Waals surface area contributed by atoms with E-state index in [0.29, 0.717) is 11.8 Å². The molecule has 0 radical (unpaired) electrons. The first kappa shape index (κ1) is 12.0. The summed E-state index contributed by atoms with van der Waals surface area (Å²) in [5, 5.41) is 0. The third-order valence-electron chi connectivity index (χ3n) is 3.63. The minimum atomic E-state index is 0.639. The number of nitrogen functional groups attached to an aromatic ring is 1. The van der Waals surface area contributed by atoms with Crippen LogP contribution in [-0.2, 0) is 0 Å². The van der Waals surface area contributed by atoms with E-state index in [1.807, 2.05) is 12.1 Å². The van der Waals surface area contributed by atoms with Crippen molar-refractivity contribution in [1.82, 2.24) is 4.98 Å². The van der Waals surface area contributed by atoms with Gasteiger partial charge in [0.05, 0.1) is 11.9 Å². The van der Waals surface area contributed by atoms with E-state index in [2.05, 4.69) is 30.3 Å². The van der Waals surface area contributed by atoms with E-state index >= 15 is 0 Å². The molecule has 0 aromatic carbocycles. The second-order valence-electron chi connectivity index (χ2n) is 5.11. The molecule has 17 heavy (non-hydrogen) atoms. The van der Waals surface area contributed by atoms with Crippen LogP contribution in [0.5, 0.6) is 0 Å². The Morgan fingerprint density at radius 1 is 1.53 bits per heavy atom. The van der Waals surface area contributed by atoms with E-state index < -0.39 is 0 Å². The van der Waals surface area contributed by atoms with Crippen LogP contribution in [-0.4, -0.2) is 18.1 Å². The predicted octanol–water partition coefficient (Wildman–Crippen LogP) is 2.70. The highest BCUT2D eigenvalue weighted by Crippen LogP contribution is 2.30. The lowest BCUT2D eigenvalue weighted by Gasteiger charge is -2.38. The normalized spacial score (nSPS) is 24.7. The fourth-order valence-corrected chi connectivity index (χ4v) is 2.67. The number of nitrogens with two attached hydrogens (primary N) is 1. The first-order valence-corrected chi connectivity index (χ1v) is 6.20. The Labute approximate surface area is 103 Å². The molecule has 2 atom stereocenters. The quantitative estimate of drug-likeness (QED) is 0.796. The van der Waals surface area contributed by atoms with Crippen molar-refractivity contribution in [2.24, 2.45) is 11.8 Å². The Bertz CT molecular complexity index is 396. The zero-order valence-electron chi connectivity index (χ0n) is 10.7. The Balaban J connectivity index is 2.06. The van der Waals surface area contributed by atoms with Crippen LogP contribution in [0.1, 0.15) is 20.3 Å². The molecule has 0 saturated carbocycles. The second-order valence-corrected chi connectivity index (χ2v) is 5.11. The van der Waals surface area contributed by atoms with E-state index in [-0.39, 0.29) is 0 Å².